The Morgan fingerprint density at radius 1 is 1.27 bits per heavy atom. The molecule has 0 radical (unpaired) electrons. The van der Waals surface area contributed by atoms with Gasteiger partial charge in [-0.2, -0.15) is 0 Å². The van der Waals surface area contributed by atoms with E-state index in [1.54, 1.807) is 7.11 Å². The molecule has 0 amide bonds. The van der Waals surface area contributed by atoms with E-state index in [-0.39, 0.29) is 12.1 Å². The number of pyridine rings is 1. The fourth-order valence-electron chi connectivity index (χ4n) is 3.66. The molecule has 0 unspecified atom stereocenters. The van der Waals surface area contributed by atoms with Gasteiger partial charge in [-0.15, -0.1) is 0 Å². The monoisotopic (exact) mass is 407 g/mol. The number of hydrogen-bond donors (Lipinski definition) is 0. The molecule has 4 rings (SSSR count). The van der Waals surface area contributed by atoms with Gasteiger partial charge in [-0.3, -0.25) is 9.98 Å². The highest BCUT2D eigenvalue weighted by atomic mass is 35.5. The zero-order valence-electron chi connectivity index (χ0n) is 14.5. The van der Waals surface area contributed by atoms with E-state index in [2.05, 4.69) is 16.8 Å². The molecular weight excluding hydrogens is 389 g/mol. The lowest BCUT2D eigenvalue weighted by Crippen LogP contribution is -2.35. The number of nitrogens with zero attached hydrogens (tertiary/aromatic N) is 3. The second kappa shape index (κ2) is 7.29. The largest absolute Gasteiger partial charge is 0.494 e. The van der Waals surface area contributed by atoms with Crippen LogP contribution < -0.4 is 4.74 Å². The highest BCUT2D eigenvalue weighted by Crippen LogP contribution is 2.50. The molecule has 2 aliphatic rings. The summed E-state index contributed by atoms with van der Waals surface area (Å²) in [6, 6.07) is 10.2. The maximum atomic E-state index is 6.43. The molecule has 0 saturated carbocycles. The second-order valence-corrected chi connectivity index (χ2v) is 8.16. The van der Waals surface area contributed by atoms with Gasteiger partial charge < -0.3 is 9.64 Å². The van der Waals surface area contributed by atoms with Crippen molar-refractivity contribution in [3.05, 3.63) is 57.8 Å². The summed E-state index contributed by atoms with van der Waals surface area (Å²) in [7, 11) is 1.57. The first-order valence-electron chi connectivity index (χ1n) is 8.56. The number of aliphatic imine (C=N–C) groups is 1. The number of aromatic nitrogens is 1. The normalized spacial score (nSPS) is 24.5. The minimum absolute atomic E-state index is 0.0285. The summed E-state index contributed by atoms with van der Waals surface area (Å²) in [5.74, 6) is 1.56. The van der Waals surface area contributed by atoms with Gasteiger partial charge in [0, 0.05) is 18.0 Å². The van der Waals surface area contributed by atoms with Crippen LogP contribution in [0.15, 0.2) is 41.5 Å². The molecule has 3 atom stereocenters. The molecule has 4 nitrogen and oxygen atoms in total. The van der Waals surface area contributed by atoms with Crippen LogP contribution in [-0.4, -0.2) is 34.0 Å². The summed E-state index contributed by atoms with van der Waals surface area (Å²) >= 11 is 14.7. The summed E-state index contributed by atoms with van der Waals surface area (Å²) in [5.41, 5.74) is 1.99. The quantitative estimate of drug-likeness (QED) is 0.681. The van der Waals surface area contributed by atoms with Crippen LogP contribution in [0.4, 0.5) is 0 Å². The van der Waals surface area contributed by atoms with Crippen LogP contribution in [0.2, 0.25) is 10.0 Å². The van der Waals surface area contributed by atoms with E-state index < -0.39 is 0 Å². The Balaban J connectivity index is 1.82. The van der Waals surface area contributed by atoms with Gasteiger partial charge in [-0.25, -0.2) is 0 Å². The van der Waals surface area contributed by atoms with Gasteiger partial charge in [0.2, 0.25) is 0 Å². The number of amidine groups is 1. The van der Waals surface area contributed by atoms with Gasteiger partial charge in [-0.1, -0.05) is 48.0 Å². The van der Waals surface area contributed by atoms with Crippen LogP contribution in [0, 0.1) is 0 Å². The lowest BCUT2D eigenvalue weighted by molar-refractivity contribution is 0.255. The highest BCUT2D eigenvalue weighted by molar-refractivity contribution is 8.14. The lowest BCUT2D eigenvalue weighted by Gasteiger charge is -2.32. The summed E-state index contributed by atoms with van der Waals surface area (Å²) in [5, 5.41) is 2.12. The molecule has 3 heterocycles. The summed E-state index contributed by atoms with van der Waals surface area (Å²) in [6.07, 6.45) is 2.88. The average molecular weight is 408 g/mol. The lowest BCUT2D eigenvalue weighted by atomic mass is 9.95. The van der Waals surface area contributed by atoms with Crippen molar-refractivity contribution in [2.75, 3.05) is 12.9 Å². The highest BCUT2D eigenvalue weighted by Gasteiger charge is 2.45. The van der Waals surface area contributed by atoms with E-state index in [0.29, 0.717) is 21.8 Å². The Bertz CT molecular complexity index is 823. The molecular formula is C19H19Cl2N3OS. The third-order valence-electron chi connectivity index (χ3n) is 4.90. The van der Waals surface area contributed by atoms with Crippen molar-refractivity contribution < 1.29 is 4.74 Å². The third kappa shape index (κ3) is 2.96. The molecule has 0 N–H and O–H groups in total. The molecule has 2 aliphatic heterocycles. The van der Waals surface area contributed by atoms with Crippen molar-refractivity contribution in [3.63, 3.8) is 0 Å². The molecule has 7 heteroatoms. The van der Waals surface area contributed by atoms with Crippen molar-refractivity contribution in [1.82, 2.24) is 9.88 Å². The third-order valence-corrected chi connectivity index (χ3v) is 6.58. The van der Waals surface area contributed by atoms with E-state index in [9.17, 15) is 0 Å². The predicted octanol–water partition coefficient (Wildman–Crippen LogP) is 5.38. The molecule has 0 spiro atoms. The van der Waals surface area contributed by atoms with Crippen LogP contribution in [0.1, 0.15) is 36.7 Å². The fourth-order valence-corrected chi connectivity index (χ4v) is 5.65. The first-order valence-corrected chi connectivity index (χ1v) is 10.3. The van der Waals surface area contributed by atoms with Crippen LogP contribution in [0.25, 0.3) is 0 Å². The van der Waals surface area contributed by atoms with Gasteiger partial charge in [0.15, 0.2) is 10.9 Å². The van der Waals surface area contributed by atoms with Gasteiger partial charge in [-0.05, 0) is 36.2 Å². The Labute approximate surface area is 167 Å². The average Bonchev–Trinajstić information content (AvgIpc) is 3.21. The van der Waals surface area contributed by atoms with Crippen molar-refractivity contribution in [1.29, 1.82) is 0 Å². The minimum Gasteiger partial charge on any atom is -0.494 e. The minimum atomic E-state index is -0.0754. The number of fused-ring (bicyclic) bond motifs is 1. The molecule has 1 saturated heterocycles. The Hall–Kier alpha value is -1.43. The molecule has 0 aliphatic carbocycles. The molecule has 0 bridgehead atoms. The van der Waals surface area contributed by atoms with Gasteiger partial charge >= 0.3 is 0 Å². The van der Waals surface area contributed by atoms with E-state index in [0.717, 1.165) is 28.6 Å². The maximum Gasteiger partial charge on any atom is 0.160 e. The standard InChI is InChI=1S/C19H19Cl2N3OS/c1-3-12-10-26-19-23-16(15-6-4-5-7-22-15)17(24(12)19)11-8-13(20)18(25-2)14(21)9-11/h4-9,12,16-17H,3,10H2,1-2H3/t12-,16-,17-/m1/s1. The van der Waals surface area contributed by atoms with E-state index in [1.807, 2.05) is 48.3 Å². The topological polar surface area (TPSA) is 37.7 Å². The number of methoxy groups -OCH3 is 1. The van der Waals surface area contributed by atoms with E-state index in [4.69, 9.17) is 32.9 Å². The fraction of sp³-hybridized carbons (Fsp3) is 0.368. The first kappa shape index (κ1) is 18.0. The number of thioether (sulfide) groups is 1. The van der Waals surface area contributed by atoms with Crippen LogP contribution in [-0.2, 0) is 0 Å². The second-order valence-electron chi connectivity index (χ2n) is 6.35. The number of halogens is 2. The molecule has 1 aromatic heterocycles. The molecule has 136 valence electrons. The smallest absolute Gasteiger partial charge is 0.160 e. The Morgan fingerprint density at radius 3 is 2.65 bits per heavy atom. The van der Waals surface area contributed by atoms with E-state index in [1.165, 1.54) is 0 Å². The van der Waals surface area contributed by atoms with Crippen molar-refractivity contribution in [3.8, 4) is 5.75 Å². The number of hydrogen-bond acceptors (Lipinski definition) is 5. The molecule has 1 fully saturated rings. The zero-order valence-corrected chi connectivity index (χ0v) is 16.9. The van der Waals surface area contributed by atoms with Gasteiger partial charge in [0.25, 0.3) is 0 Å². The Kier molecular flexibility index (Phi) is 5.04. The van der Waals surface area contributed by atoms with Crippen molar-refractivity contribution >= 4 is 40.1 Å². The van der Waals surface area contributed by atoms with E-state index >= 15 is 0 Å². The number of benzene rings is 1. The maximum absolute atomic E-state index is 6.43. The SMILES string of the molecule is CC[C@@H]1CSC2=N[C@H](c3ccccn3)[C@@H](c3cc(Cl)c(OC)c(Cl)c3)N21. The molecule has 2 aromatic rings. The zero-order chi connectivity index (χ0) is 18.3. The first-order chi connectivity index (χ1) is 12.6. The molecule has 26 heavy (non-hydrogen) atoms. The van der Waals surface area contributed by atoms with Crippen LogP contribution >= 0.6 is 35.0 Å². The van der Waals surface area contributed by atoms with Gasteiger partial charge in [0.05, 0.1) is 28.9 Å². The van der Waals surface area contributed by atoms with Crippen LogP contribution in [0.3, 0.4) is 0 Å². The van der Waals surface area contributed by atoms with Crippen LogP contribution in [0.5, 0.6) is 5.75 Å². The number of ether oxygens (including phenoxy) is 1. The Morgan fingerprint density at radius 2 is 2.04 bits per heavy atom. The number of rotatable bonds is 4. The summed E-state index contributed by atoms with van der Waals surface area (Å²) in [4.78, 5) is 12.0. The predicted molar refractivity (Wildman–Crippen MR) is 109 cm³/mol. The van der Waals surface area contributed by atoms with Crippen molar-refractivity contribution in [2.24, 2.45) is 4.99 Å². The van der Waals surface area contributed by atoms with Gasteiger partial charge in [0.1, 0.15) is 6.04 Å². The molecule has 1 aromatic carbocycles. The van der Waals surface area contributed by atoms with Crippen molar-refractivity contribution in [2.45, 2.75) is 31.5 Å². The summed E-state index contributed by atoms with van der Waals surface area (Å²) < 4.78 is 5.31. The summed E-state index contributed by atoms with van der Waals surface area (Å²) in [6.45, 7) is 2.22.